The number of nitrogens with one attached hydrogen (secondary N) is 1. The number of nitriles is 1. The molecule has 2 rings (SSSR count). The largest absolute Gasteiger partial charge is 0.322 e. The van der Waals surface area contributed by atoms with E-state index in [1.807, 2.05) is 44.2 Å². The predicted molar refractivity (Wildman–Crippen MR) is 103 cm³/mol. The number of hydrogen-bond acceptors (Lipinski definition) is 2. The van der Waals surface area contributed by atoms with Crippen molar-refractivity contribution in [1.29, 1.82) is 5.26 Å². The number of nitrogens with zero attached hydrogens (tertiary/aromatic N) is 1. The van der Waals surface area contributed by atoms with E-state index >= 15 is 0 Å². The summed E-state index contributed by atoms with van der Waals surface area (Å²) < 4.78 is 0. The Hall–Kier alpha value is -2.60. The standard InChI is InChI=1S/C22H26N2O/c1-15-10-11-18(13-19(15)21(2,3)4)24-20(25)16-8-7-9-17(12-16)22(5,6)14-23/h7-13H,1-6H3,(H,24,25). The first-order chi connectivity index (χ1) is 11.5. The molecule has 0 atom stereocenters. The lowest BCUT2D eigenvalue weighted by atomic mass is 9.84. The van der Waals surface area contributed by atoms with Gasteiger partial charge in [0.2, 0.25) is 0 Å². The molecule has 0 saturated heterocycles. The van der Waals surface area contributed by atoms with Crippen molar-refractivity contribution in [2.45, 2.75) is 52.4 Å². The zero-order valence-corrected chi connectivity index (χ0v) is 15.9. The van der Waals surface area contributed by atoms with Gasteiger partial charge in [-0.2, -0.15) is 5.26 Å². The molecule has 0 unspecified atom stereocenters. The smallest absolute Gasteiger partial charge is 0.255 e. The van der Waals surface area contributed by atoms with Gasteiger partial charge < -0.3 is 5.32 Å². The molecule has 0 aliphatic rings. The molecule has 130 valence electrons. The fourth-order valence-corrected chi connectivity index (χ4v) is 2.82. The number of carbonyl (C=O) groups excluding carboxylic acids is 1. The minimum atomic E-state index is -0.625. The van der Waals surface area contributed by atoms with Gasteiger partial charge in [-0.3, -0.25) is 4.79 Å². The molecular formula is C22H26N2O. The van der Waals surface area contributed by atoms with Gasteiger partial charge in [0.05, 0.1) is 11.5 Å². The van der Waals surface area contributed by atoms with Crippen LogP contribution in [0.5, 0.6) is 0 Å². The molecule has 25 heavy (non-hydrogen) atoms. The molecule has 3 heteroatoms. The summed E-state index contributed by atoms with van der Waals surface area (Å²) in [5.74, 6) is -0.167. The fourth-order valence-electron chi connectivity index (χ4n) is 2.82. The summed E-state index contributed by atoms with van der Waals surface area (Å²) in [6, 6.07) is 15.5. The van der Waals surface area contributed by atoms with Gasteiger partial charge in [-0.1, -0.05) is 39.0 Å². The molecular weight excluding hydrogens is 308 g/mol. The van der Waals surface area contributed by atoms with Crippen molar-refractivity contribution < 1.29 is 4.79 Å². The molecule has 0 spiro atoms. The molecule has 1 amide bonds. The van der Waals surface area contributed by atoms with Crippen molar-refractivity contribution in [3.63, 3.8) is 0 Å². The number of benzene rings is 2. The third kappa shape index (κ3) is 4.28. The van der Waals surface area contributed by atoms with Crippen LogP contribution in [-0.2, 0) is 10.8 Å². The Morgan fingerprint density at radius 3 is 2.32 bits per heavy atom. The zero-order chi connectivity index (χ0) is 18.8. The highest BCUT2D eigenvalue weighted by molar-refractivity contribution is 6.04. The van der Waals surface area contributed by atoms with E-state index in [9.17, 15) is 10.1 Å². The second-order valence-electron chi connectivity index (χ2n) is 8.05. The maximum Gasteiger partial charge on any atom is 0.255 e. The van der Waals surface area contributed by atoms with Crippen LogP contribution in [-0.4, -0.2) is 5.91 Å². The lowest BCUT2D eigenvalue weighted by molar-refractivity contribution is 0.102. The van der Waals surface area contributed by atoms with Crippen molar-refractivity contribution in [2.75, 3.05) is 5.32 Å². The van der Waals surface area contributed by atoms with Crippen LogP contribution >= 0.6 is 0 Å². The van der Waals surface area contributed by atoms with Crippen molar-refractivity contribution in [3.05, 3.63) is 64.7 Å². The Morgan fingerprint density at radius 1 is 1.04 bits per heavy atom. The maximum absolute atomic E-state index is 12.6. The third-order valence-electron chi connectivity index (χ3n) is 4.43. The van der Waals surface area contributed by atoms with E-state index in [2.05, 4.69) is 39.1 Å². The second kappa shape index (κ2) is 6.72. The Bertz CT molecular complexity index is 836. The molecule has 2 aromatic carbocycles. The first kappa shape index (κ1) is 18.7. The number of amides is 1. The molecule has 0 aliphatic carbocycles. The fraction of sp³-hybridized carbons (Fsp3) is 0.364. The first-order valence-electron chi connectivity index (χ1n) is 8.49. The molecule has 0 aromatic heterocycles. The van der Waals surface area contributed by atoms with Crippen molar-refractivity contribution >= 4 is 11.6 Å². The zero-order valence-electron chi connectivity index (χ0n) is 15.9. The van der Waals surface area contributed by atoms with Gasteiger partial charge in [0.15, 0.2) is 0 Å². The van der Waals surface area contributed by atoms with Crippen molar-refractivity contribution in [2.24, 2.45) is 0 Å². The normalized spacial score (nSPS) is 11.7. The lowest BCUT2D eigenvalue weighted by Gasteiger charge is -2.22. The average molecular weight is 334 g/mol. The summed E-state index contributed by atoms with van der Waals surface area (Å²) in [6.07, 6.45) is 0. The number of rotatable bonds is 3. The summed E-state index contributed by atoms with van der Waals surface area (Å²) in [6.45, 7) is 12.3. The van der Waals surface area contributed by atoms with Crippen LogP contribution in [0.2, 0.25) is 0 Å². The third-order valence-corrected chi connectivity index (χ3v) is 4.43. The number of carbonyl (C=O) groups is 1. The van der Waals surface area contributed by atoms with Crippen LogP contribution in [0.4, 0.5) is 5.69 Å². The van der Waals surface area contributed by atoms with Gasteiger partial charge in [-0.25, -0.2) is 0 Å². The molecule has 0 heterocycles. The molecule has 3 nitrogen and oxygen atoms in total. The van der Waals surface area contributed by atoms with E-state index in [-0.39, 0.29) is 11.3 Å². The highest BCUT2D eigenvalue weighted by Crippen LogP contribution is 2.28. The predicted octanol–water partition coefficient (Wildman–Crippen LogP) is 5.35. The van der Waals surface area contributed by atoms with E-state index in [1.54, 1.807) is 12.1 Å². The number of aryl methyl sites for hydroxylation is 1. The van der Waals surface area contributed by atoms with E-state index in [0.717, 1.165) is 11.3 Å². The quantitative estimate of drug-likeness (QED) is 0.823. The molecule has 0 fully saturated rings. The van der Waals surface area contributed by atoms with Gasteiger partial charge in [-0.15, -0.1) is 0 Å². The Balaban J connectivity index is 2.30. The molecule has 0 aliphatic heterocycles. The van der Waals surface area contributed by atoms with Gasteiger partial charge >= 0.3 is 0 Å². The van der Waals surface area contributed by atoms with E-state index < -0.39 is 5.41 Å². The summed E-state index contributed by atoms with van der Waals surface area (Å²) >= 11 is 0. The van der Waals surface area contributed by atoms with Crippen LogP contribution in [0.25, 0.3) is 0 Å². The maximum atomic E-state index is 12.6. The Labute approximate surface area is 150 Å². The van der Waals surface area contributed by atoms with Crippen LogP contribution in [0.1, 0.15) is 61.7 Å². The summed E-state index contributed by atoms with van der Waals surface area (Å²) in [4.78, 5) is 12.6. The minimum Gasteiger partial charge on any atom is -0.322 e. The highest BCUT2D eigenvalue weighted by atomic mass is 16.1. The van der Waals surface area contributed by atoms with Gasteiger partial charge in [0.25, 0.3) is 5.91 Å². The van der Waals surface area contributed by atoms with E-state index in [4.69, 9.17) is 0 Å². The van der Waals surface area contributed by atoms with Crippen LogP contribution in [0.15, 0.2) is 42.5 Å². The SMILES string of the molecule is Cc1ccc(NC(=O)c2cccc(C(C)(C)C#N)c2)cc1C(C)(C)C. The summed E-state index contributed by atoms with van der Waals surface area (Å²) in [5, 5.41) is 12.3. The average Bonchev–Trinajstić information content (AvgIpc) is 2.55. The van der Waals surface area contributed by atoms with Crippen molar-refractivity contribution in [1.82, 2.24) is 0 Å². The van der Waals surface area contributed by atoms with Crippen LogP contribution < -0.4 is 5.32 Å². The minimum absolute atomic E-state index is 0.0154. The monoisotopic (exact) mass is 334 g/mol. The number of anilines is 1. The Kier molecular flexibility index (Phi) is 5.04. The van der Waals surface area contributed by atoms with Crippen molar-refractivity contribution in [3.8, 4) is 6.07 Å². The molecule has 0 bridgehead atoms. The molecule has 1 N–H and O–H groups in total. The van der Waals surface area contributed by atoms with Gasteiger partial charge in [0, 0.05) is 11.3 Å². The summed E-state index contributed by atoms with van der Waals surface area (Å²) in [7, 11) is 0. The van der Waals surface area contributed by atoms with Gasteiger partial charge in [-0.05, 0) is 67.1 Å². The molecule has 0 saturated carbocycles. The van der Waals surface area contributed by atoms with E-state index in [0.29, 0.717) is 5.56 Å². The Morgan fingerprint density at radius 2 is 1.72 bits per heavy atom. The molecule has 0 radical (unpaired) electrons. The molecule has 2 aromatic rings. The second-order valence-corrected chi connectivity index (χ2v) is 8.05. The van der Waals surface area contributed by atoms with Crippen LogP contribution in [0.3, 0.4) is 0 Å². The van der Waals surface area contributed by atoms with E-state index in [1.165, 1.54) is 11.1 Å². The first-order valence-corrected chi connectivity index (χ1v) is 8.49. The van der Waals surface area contributed by atoms with Gasteiger partial charge in [0.1, 0.15) is 0 Å². The highest BCUT2D eigenvalue weighted by Gasteiger charge is 2.21. The number of hydrogen-bond donors (Lipinski definition) is 1. The lowest BCUT2D eigenvalue weighted by Crippen LogP contribution is -2.18. The topological polar surface area (TPSA) is 52.9 Å². The van der Waals surface area contributed by atoms with Crippen LogP contribution in [0, 0.1) is 18.3 Å². The summed E-state index contributed by atoms with van der Waals surface area (Å²) in [5.41, 5.74) is 3.99.